The molecule has 6 heteroatoms. The van der Waals surface area contributed by atoms with E-state index in [4.69, 9.17) is 9.47 Å². The van der Waals surface area contributed by atoms with Crippen LogP contribution in [0.3, 0.4) is 0 Å². The molecule has 0 spiro atoms. The Balaban J connectivity index is 1.82. The number of para-hydroxylation sites is 1. The van der Waals surface area contributed by atoms with Crippen LogP contribution in [0.5, 0.6) is 11.5 Å². The van der Waals surface area contributed by atoms with Crippen LogP contribution in [-0.4, -0.2) is 28.3 Å². The summed E-state index contributed by atoms with van der Waals surface area (Å²) in [6.07, 6.45) is 1.58. The summed E-state index contributed by atoms with van der Waals surface area (Å²) in [5, 5.41) is 0.882. The smallest absolute Gasteiger partial charge is 0.277 e. The Morgan fingerprint density at radius 1 is 1.19 bits per heavy atom. The highest BCUT2D eigenvalue weighted by atomic mass is 16.5. The molecule has 0 bridgehead atoms. The first-order chi connectivity index (χ1) is 12.7. The lowest BCUT2D eigenvalue weighted by Crippen LogP contribution is -2.21. The third kappa shape index (κ3) is 2.69. The Morgan fingerprint density at radius 2 is 2.04 bits per heavy atom. The van der Waals surface area contributed by atoms with Crippen LogP contribution in [-0.2, 0) is 6.54 Å². The van der Waals surface area contributed by atoms with Crippen molar-refractivity contribution < 1.29 is 9.47 Å². The average Bonchev–Trinajstić information content (AvgIpc) is 3.03. The molecule has 6 nitrogen and oxygen atoms in total. The number of nitrogens with zero attached hydrogens (tertiary/aromatic N) is 2. The van der Waals surface area contributed by atoms with E-state index >= 15 is 0 Å². The van der Waals surface area contributed by atoms with Gasteiger partial charge in [0.25, 0.3) is 5.56 Å². The van der Waals surface area contributed by atoms with Gasteiger partial charge in [-0.2, -0.15) is 0 Å². The van der Waals surface area contributed by atoms with Crippen molar-refractivity contribution in [1.29, 1.82) is 0 Å². The topological polar surface area (TPSA) is 69.1 Å². The predicted octanol–water partition coefficient (Wildman–Crippen LogP) is 3.33. The second-order valence-corrected chi connectivity index (χ2v) is 5.98. The van der Waals surface area contributed by atoms with Gasteiger partial charge in [0.2, 0.25) is 0 Å². The van der Waals surface area contributed by atoms with Gasteiger partial charge in [0, 0.05) is 16.5 Å². The van der Waals surface area contributed by atoms with Gasteiger partial charge in [0.05, 0.1) is 26.6 Å². The van der Waals surface area contributed by atoms with Crippen LogP contribution < -0.4 is 15.0 Å². The number of ether oxygens (including phenoxy) is 2. The third-order valence-corrected chi connectivity index (χ3v) is 4.39. The molecule has 2 heterocycles. The molecule has 2 aromatic carbocycles. The van der Waals surface area contributed by atoms with Crippen molar-refractivity contribution in [2.24, 2.45) is 0 Å². The molecule has 0 atom stereocenters. The monoisotopic (exact) mass is 349 g/mol. The minimum absolute atomic E-state index is 0.116. The second-order valence-electron chi connectivity index (χ2n) is 5.98. The van der Waals surface area contributed by atoms with Crippen molar-refractivity contribution in [2.75, 3.05) is 13.7 Å². The van der Waals surface area contributed by atoms with Crippen LogP contribution in [0.15, 0.2) is 53.6 Å². The molecule has 0 saturated heterocycles. The van der Waals surface area contributed by atoms with Gasteiger partial charge >= 0.3 is 0 Å². The van der Waals surface area contributed by atoms with Crippen molar-refractivity contribution >= 4 is 21.9 Å². The summed E-state index contributed by atoms with van der Waals surface area (Å²) in [6.45, 7) is 2.92. The van der Waals surface area contributed by atoms with Crippen molar-refractivity contribution in [1.82, 2.24) is 14.5 Å². The Bertz CT molecular complexity index is 1140. The summed E-state index contributed by atoms with van der Waals surface area (Å²) in [6, 6.07) is 13.3. The Kier molecular flexibility index (Phi) is 4.08. The van der Waals surface area contributed by atoms with Gasteiger partial charge in [0.15, 0.2) is 0 Å². The highest BCUT2D eigenvalue weighted by Crippen LogP contribution is 2.26. The quantitative estimate of drug-likeness (QED) is 0.600. The van der Waals surface area contributed by atoms with Crippen molar-refractivity contribution in [3.63, 3.8) is 0 Å². The molecule has 0 aliphatic heterocycles. The van der Waals surface area contributed by atoms with Gasteiger partial charge < -0.3 is 14.5 Å². The third-order valence-electron chi connectivity index (χ3n) is 4.39. The number of nitrogens with one attached hydrogen (secondary N) is 1. The lowest BCUT2D eigenvalue weighted by molar-refractivity contribution is 0.341. The molecule has 4 aromatic rings. The molecule has 26 heavy (non-hydrogen) atoms. The first kappa shape index (κ1) is 16.2. The molecule has 132 valence electrons. The minimum Gasteiger partial charge on any atom is -0.496 e. The molecule has 0 aliphatic carbocycles. The van der Waals surface area contributed by atoms with Crippen molar-refractivity contribution in [2.45, 2.75) is 13.5 Å². The van der Waals surface area contributed by atoms with Crippen molar-refractivity contribution in [3.05, 3.63) is 64.7 Å². The standard InChI is InChI=1S/C20H19N3O3/c1-3-26-14-8-9-16-15(10-14)18-19(22-16)20(24)23(12-21-18)11-13-6-4-5-7-17(13)25-2/h4-10,12,22H,3,11H2,1-2H3. The fourth-order valence-electron chi connectivity index (χ4n) is 3.16. The molecule has 0 saturated carbocycles. The first-order valence-electron chi connectivity index (χ1n) is 8.47. The Morgan fingerprint density at radius 3 is 2.85 bits per heavy atom. The average molecular weight is 349 g/mol. The van der Waals surface area contributed by atoms with Crippen LogP contribution in [0.2, 0.25) is 0 Å². The second kappa shape index (κ2) is 6.55. The molecular formula is C20H19N3O3. The largest absolute Gasteiger partial charge is 0.496 e. The minimum atomic E-state index is -0.116. The highest BCUT2D eigenvalue weighted by molar-refractivity contribution is 6.04. The number of H-pyrrole nitrogens is 1. The van der Waals surface area contributed by atoms with Crippen molar-refractivity contribution in [3.8, 4) is 11.5 Å². The molecule has 0 aliphatic rings. The van der Waals surface area contributed by atoms with E-state index in [1.165, 1.54) is 0 Å². The fraction of sp³-hybridized carbons (Fsp3) is 0.200. The molecule has 0 radical (unpaired) electrons. The number of aromatic nitrogens is 3. The summed E-state index contributed by atoms with van der Waals surface area (Å²) in [5.41, 5.74) is 2.82. The number of fused-ring (bicyclic) bond motifs is 3. The molecule has 0 unspecified atom stereocenters. The number of benzene rings is 2. The lowest BCUT2D eigenvalue weighted by Gasteiger charge is -2.09. The first-order valence-corrected chi connectivity index (χ1v) is 8.47. The predicted molar refractivity (Wildman–Crippen MR) is 101 cm³/mol. The van der Waals surface area contributed by atoms with Gasteiger partial charge in [-0.05, 0) is 31.2 Å². The summed E-state index contributed by atoms with van der Waals surface area (Å²) >= 11 is 0. The van der Waals surface area contributed by atoms with Gasteiger partial charge in [-0.3, -0.25) is 9.36 Å². The van der Waals surface area contributed by atoms with Crippen LogP contribution in [0.4, 0.5) is 0 Å². The Labute approximate surface area is 150 Å². The van der Waals surface area contributed by atoms with E-state index in [9.17, 15) is 4.79 Å². The van der Waals surface area contributed by atoms with Crippen LogP contribution >= 0.6 is 0 Å². The summed E-state index contributed by atoms with van der Waals surface area (Å²) in [5.74, 6) is 1.51. The van der Waals surface area contributed by atoms with E-state index in [-0.39, 0.29) is 5.56 Å². The van der Waals surface area contributed by atoms with Gasteiger partial charge in [-0.25, -0.2) is 4.98 Å². The lowest BCUT2D eigenvalue weighted by atomic mass is 10.2. The highest BCUT2D eigenvalue weighted by Gasteiger charge is 2.13. The Hall–Kier alpha value is -3.28. The van der Waals surface area contributed by atoms with Gasteiger partial charge in [-0.15, -0.1) is 0 Å². The molecule has 4 rings (SSSR count). The van der Waals surface area contributed by atoms with Crippen LogP contribution in [0, 0.1) is 0 Å². The van der Waals surface area contributed by atoms with Crippen LogP contribution in [0.25, 0.3) is 21.9 Å². The van der Waals surface area contributed by atoms with E-state index in [2.05, 4.69) is 9.97 Å². The molecular weight excluding hydrogens is 330 g/mol. The summed E-state index contributed by atoms with van der Waals surface area (Å²) in [7, 11) is 1.62. The summed E-state index contributed by atoms with van der Waals surface area (Å²) < 4.78 is 12.5. The SMILES string of the molecule is CCOc1ccc2[nH]c3c(=O)n(Cc4ccccc4OC)cnc3c2c1. The normalized spacial score (nSPS) is 11.2. The molecule has 1 N–H and O–H groups in total. The zero-order valence-electron chi connectivity index (χ0n) is 14.7. The maximum Gasteiger partial charge on any atom is 0.277 e. The summed E-state index contributed by atoms with van der Waals surface area (Å²) in [4.78, 5) is 20.6. The van der Waals surface area contributed by atoms with Gasteiger partial charge in [0.1, 0.15) is 22.5 Å². The van der Waals surface area contributed by atoms with E-state index in [1.54, 1.807) is 18.0 Å². The van der Waals surface area contributed by atoms with E-state index in [0.29, 0.717) is 24.2 Å². The fourth-order valence-corrected chi connectivity index (χ4v) is 3.16. The zero-order valence-corrected chi connectivity index (χ0v) is 14.7. The number of rotatable bonds is 5. The number of aromatic amines is 1. The van der Waals surface area contributed by atoms with E-state index in [0.717, 1.165) is 28.0 Å². The number of hydrogen-bond donors (Lipinski definition) is 1. The molecule has 0 fully saturated rings. The van der Waals surface area contributed by atoms with E-state index in [1.807, 2.05) is 49.4 Å². The number of hydrogen-bond acceptors (Lipinski definition) is 4. The maximum absolute atomic E-state index is 12.9. The van der Waals surface area contributed by atoms with Gasteiger partial charge in [-0.1, -0.05) is 18.2 Å². The zero-order chi connectivity index (χ0) is 18.1. The number of methoxy groups -OCH3 is 1. The molecule has 2 aromatic heterocycles. The van der Waals surface area contributed by atoms with E-state index < -0.39 is 0 Å². The molecule has 0 amide bonds. The maximum atomic E-state index is 12.9. The van der Waals surface area contributed by atoms with Crippen LogP contribution in [0.1, 0.15) is 12.5 Å².